The number of thiophene rings is 1. The first-order valence-electron chi connectivity index (χ1n) is 4.81. The molecule has 0 amide bonds. The predicted molar refractivity (Wildman–Crippen MR) is 65.5 cm³/mol. The second-order valence-electron chi connectivity index (χ2n) is 3.34. The van der Waals surface area contributed by atoms with Crippen LogP contribution in [0.1, 0.15) is 11.1 Å². The maximum atomic E-state index is 13.1. The predicted octanol–water partition coefficient (Wildman–Crippen LogP) is 3.07. The van der Waals surface area contributed by atoms with Crippen LogP contribution in [-0.4, -0.2) is 4.21 Å². The summed E-state index contributed by atoms with van der Waals surface area (Å²) in [7, 11) is -1.22. The smallest absolute Gasteiger partial charge is 0.123 e. The van der Waals surface area contributed by atoms with Crippen molar-refractivity contribution in [3.63, 3.8) is 0 Å². The minimum Gasteiger partial charge on any atom is -0.253 e. The minimum absolute atomic E-state index is 0.168. The second-order valence-corrected chi connectivity index (χ2v) is 5.96. The molecular weight excluding hydrogens is 257 g/mol. The molecule has 2 aromatic rings. The average molecular weight is 265 g/mol. The van der Waals surface area contributed by atoms with Crippen LogP contribution in [0.25, 0.3) is 0 Å². The molecule has 0 spiro atoms. The zero-order valence-corrected chi connectivity index (χ0v) is 10.4. The molecule has 0 radical (unpaired) electrons. The van der Waals surface area contributed by atoms with Crippen LogP contribution >= 0.6 is 11.3 Å². The van der Waals surface area contributed by atoms with E-state index < -0.39 is 16.6 Å². The van der Waals surface area contributed by atoms with Crippen molar-refractivity contribution in [2.24, 2.45) is 0 Å². The first-order chi connectivity index (χ1) is 8.20. The summed E-state index contributed by atoms with van der Waals surface area (Å²) in [5, 5.41) is 10.7. The molecule has 0 saturated heterocycles. The number of hydrogen-bond donors (Lipinski definition) is 0. The number of benzene rings is 1. The van der Waals surface area contributed by atoms with E-state index in [1.54, 1.807) is 6.07 Å². The van der Waals surface area contributed by atoms with E-state index in [1.165, 1.54) is 29.5 Å². The van der Waals surface area contributed by atoms with Gasteiger partial charge in [0.1, 0.15) is 5.82 Å². The van der Waals surface area contributed by atoms with Gasteiger partial charge in [-0.05, 0) is 35.2 Å². The van der Waals surface area contributed by atoms with Crippen molar-refractivity contribution in [1.29, 1.82) is 5.26 Å². The maximum absolute atomic E-state index is 13.1. The molecule has 2 rings (SSSR count). The van der Waals surface area contributed by atoms with E-state index in [0.29, 0.717) is 11.1 Å². The fourth-order valence-electron chi connectivity index (χ4n) is 1.40. The molecule has 0 aliphatic heterocycles. The Hall–Kier alpha value is -1.51. The Bertz CT molecular complexity index is 587. The van der Waals surface area contributed by atoms with Crippen LogP contribution in [0.5, 0.6) is 0 Å². The Balaban J connectivity index is 2.27. The molecule has 1 atom stereocenters. The van der Waals surface area contributed by atoms with Crippen LogP contribution in [0.15, 0.2) is 39.9 Å². The summed E-state index contributed by atoms with van der Waals surface area (Å²) in [5.74, 6) is -0.247. The van der Waals surface area contributed by atoms with E-state index in [2.05, 4.69) is 0 Å². The molecule has 0 fully saturated rings. The number of halogens is 1. The van der Waals surface area contributed by atoms with Crippen molar-refractivity contribution in [1.82, 2.24) is 0 Å². The largest absolute Gasteiger partial charge is 0.253 e. The normalized spacial score (nSPS) is 12.0. The number of hydrogen-bond acceptors (Lipinski definition) is 3. The van der Waals surface area contributed by atoms with E-state index in [0.717, 1.165) is 4.21 Å². The van der Waals surface area contributed by atoms with Crippen LogP contribution in [0, 0.1) is 17.1 Å². The highest BCUT2D eigenvalue weighted by atomic mass is 32.2. The third kappa shape index (κ3) is 2.78. The van der Waals surface area contributed by atoms with E-state index in [4.69, 9.17) is 5.26 Å². The van der Waals surface area contributed by atoms with Crippen molar-refractivity contribution in [3.8, 4) is 6.07 Å². The molecule has 86 valence electrons. The highest BCUT2D eigenvalue weighted by Crippen LogP contribution is 2.20. The van der Waals surface area contributed by atoms with Crippen molar-refractivity contribution >= 4 is 22.1 Å². The molecular formula is C12H8FNOS2. The molecule has 5 heteroatoms. The van der Waals surface area contributed by atoms with Crippen molar-refractivity contribution < 1.29 is 8.60 Å². The first-order valence-corrected chi connectivity index (χ1v) is 7.01. The standard InChI is InChI=1S/C12H8FNOS2/c13-11-4-3-9(7-14)10(6-11)8-17(15)12-2-1-5-16-12/h1-6H,8H2. The van der Waals surface area contributed by atoms with E-state index in [9.17, 15) is 8.60 Å². The maximum Gasteiger partial charge on any atom is 0.123 e. The van der Waals surface area contributed by atoms with Crippen molar-refractivity contribution in [2.45, 2.75) is 9.96 Å². The number of nitrogens with zero attached hydrogens (tertiary/aromatic N) is 1. The third-order valence-corrected chi connectivity index (χ3v) is 4.86. The van der Waals surface area contributed by atoms with E-state index in [-0.39, 0.29) is 5.75 Å². The van der Waals surface area contributed by atoms with Crippen LogP contribution in [0.2, 0.25) is 0 Å². The summed E-state index contributed by atoms with van der Waals surface area (Å²) in [6.07, 6.45) is 0. The van der Waals surface area contributed by atoms with Gasteiger partial charge in [-0.1, -0.05) is 6.07 Å². The minimum atomic E-state index is -1.22. The van der Waals surface area contributed by atoms with Crippen LogP contribution in [0.4, 0.5) is 4.39 Å². The van der Waals surface area contributed by atoms with Gasteiger partial charge < -0.3 is 0 Å². The molecule has 2 nitrogen and oxygen atoms in total. The molecule has 1 aromatic heterocycles. The van der Waals surface area contributed by atoms with Crippen LogP contribution < -0.4 is 0 Å². The monoisotopic (exact) mass is 265 g/mol. The van der Waals surface area contributed by atoms with Gasteiger partial charge in [-0.3, -0.25) is 4.21 Å². The van der Waals surface area contributed by atoms with Gasteiger partial charge in [-0.25, -0.2) is 4.39 Å². The molecule has 0 aliphatic rings. The Morgan fingerprint density at radius 2 is 2.24 bits per heavy atom. The lowest BCUT2D eigenvalue weighted by Crippen LogP contribution is -1.98. The fourth-order valence-corrected chi connectivity index (χ4v) is 3.51. The van der Waals surface area contributed by atoms with Gasteiger partial charge in [0.2, 0.25) is 0 Å². The topological polar surface area (TPSA) is 40.9 Å². The highest BCUT2D eigenvalue weighted by molar-refractivity contribution is 7.86. The van der Waals surface area contributed by atoms with Gasteiger partial charge in [0, 0.05) is 0 Å². The zero-order valence-electron chi connectivity index (χ0n) is 8.72. The van der Waals surface area contributed by atoms with Gasteiger partial charge in [0.15, 0.2) is 0 Å². The Kier molecular flexibility index (Phi) is 3.67. The molecule has 1 unspecified atom stereocenters. The van der Waals surface area contributed by atoms with Gasteiger partial charge >= 0.3 is 0 Å². The summed E-state index contributed by atoms with van der Waals surface area (Å²) in [5.41, 5.74) is 0.857. The van der Waals surface area contributed by atoms with Gasteiger partial charge in [-0.2, -0.15) is 5.26 Å². The van der Waals surface area contributed by atoms with Crippen molar-refractivity contribution in [2.75, 3.05) is 0 Å². The second kappa shape index (κ2) is 5.21. The molecule has 0 bridgehead atoms. The molecule has 1 aromatic carbocycles. The molecule has 17 heavy (non-hydrogen) atoms. The lowest BCUT2D eigenvalue weighted by Gasteiger charge is -2.03. The average Bonchev–Trinajstić information content (AvgIpc) is 2.83. The summed E-state index contributed by atoms with van der Waals surface area (Å²) >= 11 is 1.39. The summed E-state index contributed by atoms with van der Waals surface area (Å²) in [6.45, 7) is 0. The lowest BCUT2D eigenvalue weighted by atomic mass is 10.1. The van der Waals surface area contributed by atoms with Crippen LogP contribution in [-0.2, 0) is 16.6 Å². The summed E-state index contributed by atoms with van der Waals surface area (Å²) < 4.78 is 25.7. The summed E-state index contributed by atoms with van der Waals surface area (Å²) in [4.78, 5) is 0. The zero-order chi connectivity index (χ0) is 12.3. The Morgan fingerprint density at radius 1 is 1.41 bits per heavy atom. The van der Waals surface area contributed by atoms with Gasteiger partial charge in [-0.15, -0.1) is 11.3 Å². The number of nitriles is 1. The molecule has 0 aliphatic carbocycles. The highest BCUT2D eigenvalue weighted by Gasteiger charge is 2.10. The lowest BCUT2D eigenvalue weighted by molar-refractivity contribution is 0.626. The molecule has 0 saturated carbocycles. The number of rotatable bonds is 3. The Morgan fingerprint density at radius 3 is 2.88 bits per heavy atom. The van der Waals surface area contributed by atoms with Crippen molar-refractivity contribution in [3.05, 3.63) is 52.7 Å². The quantitative estimate of drug-likeness (QED) is 0.855. The first kappa shape index (κ1) is 12.0. The molecule has 0 N–H and O–H groups in total. The van der Waals surface area contributed by atoms with Gasteiger partial charge in [0.25, 0.3) is 0 Å². The van der Waals surface area contributed by atoms with E-state index in [1.807, 2.05) is 17.5 Å². The molecule has 1 heterocycles. The van der Waals surface area contributed by atoms with Crippen LogP contribution in [0.3, 0.4) is 0 Å². The van der Waals surface area contributed by atoms with Gasteiger partial charge in [0.05, 0.1) is 32.4 Å². The third-order valence-electron chi connectivity index (χ3n) is 2.19. The van der Waals surface area contributed by atoms with E-state index >= 15 is 0 Å². The SMILES string of the molecule is N#Cc1ccc(F)cc1CS(=O)c1cccs1. The summed E-state index contributed by atoms with van der Waals surface area (Å²) in [6, 6.07) is 9.47. The Labute approximate surface area is 105 Å². The fraction of sp³-hybridized carbons (Fsp3) is 0.0833.